The van der Waals surface area contributed by atoms with Crippen LogP contribution in [-0.2, 0) is 6.42 Å². The molecule has 0 unspecified atom stereocenters. The fourth-order valence-electron chi connectivity index (χ4n) is 2.30. The number of hydrogen-bond acceptors (Lipinski definition) is 5. The summed E-state index contributed by atoms with van der Waals surface area (Å²) in [7, 11) is 0. The molecule has 3 rings (SSSR count). The van der Waals surface area contributed by atoms with Gasteiger partial charge in [0.05, 0.1) is 11.1 Å². The summed E-state index contributed by atoms with van der Waals surface area (Å²) in [5.74, 6) is -1.65. The van der Waals surface area contributed by atoms with Gasteiger partial charge in [-0.1, -0.05) is 48.6 Å². The SMILES string of the molecule is CCc1nnc(NC(=O)c2ccc3ccccc3c2C(=O)O)s1. The number of fused-ring (bicyclic) bond motifs is 1. The number of aromatic carboxylic acids is 1. The summed E-state index contributed by atoms with van der Waals surface area (Å²) in [6.07, 6.45) is 0.726. The van der Waals surface area contributed by atoms with Gasteiger partial charge in [0.25, 0.3) is 5.91 Å². The topological polar surface area (TPSA) is 92.2 Å². The Balaban J connectivity index is 2.02. The Labute approximate surface area is 135 Å². The molecule has 0 aliphatic carbocycles. The molecule has 6 nitrogen and oxygen atoms in total. The zero-order valence-electron chi connectivity index (χ0n) is 12.2. The first-order valence-electron chi connectivity index (χ1n) is 6.99. The highest BCUT2D eigenvalue weighted by Crippen LogP contribution is 2.24. The van der Waals surface area contributed by atoms with Crippen molar-refractivity contribution in [3.05, 3.63) is 52.5 Å². The zero-order valence-corrected chi connectivity index (χ0v) is 13.1. The molecule has 0 aliphatic rings. The van der Waals surface area contributed by atoms with Gasteiger partial charge >= 0.3 is 5.97 Å². The van der Waals surface area contributed by atoms with E-state index in [-0.39, 0.29) is 11.1 Å². The molecular formula is C16H13N3O3S. The first kappa shape index (κ1) is 15.1. The number of aromatic nitrogens is 2. The summed E-state index contributed by atoms with van der Waals surface area (Å²) in [6.45, 7) is 1.94. The number of hydrogen-bond donors (Lipinski definition) is 2. The largest absolute Gasteiger partial charge is 0.478 e. The lowest BCUT2D eigenvalue weighted by Crippen LogP contribution is -2.16. The molecule has 0 saturated carbocycles. The fourth-order valence-corrected chi connectivity index (χ4v) is 2.98. The number of carboxylic acid groups (broad SMARTS) is 1. The summed E-state index contributed by atoms with van der Waals surface area (Å²) in [5, 5.41) is 22.4. The summed E-state index contributed by atoms with van der Waals surface area (Å²) in [4.78, 5) is 24.1. The standard InChI is InChI=1S/C16H13N3O3S/c1-2-12-18-19-16(23-12)17-14(20)11-8-7-9-5-3-4-6-10(9)13(11)15(21)22/h3-8H,2H2,1H3,(H,21,22)(H,17,19,20). The lowest BCUT2D eigenvalue weighted by molar-refractivity contribution is 0.0695. The Hall–Kier alpha value is -2.80. The molecule has 116 valence electrons. The number of carbonyl (C=O) groups excluding carboxylic acids is 1. The average molecular weight is 327 g/mol. The van der Waals surface area contributed by atoms with Crippen LogP contribution in [0.3, 0.4) is 0 Å². The molecule has 7 heteroatoms. The highest BCUT2D eigenvalue weighted by molar-refractivity contribution is 7.15. The number of anilines is 1. The first-order chi connectivity index (χ1) is 11.1. The van der Waals surface area contributed by atoms with Crippen LogP contribution in [0.2, 0.25) is 0 Å². The van der Waals surface area contributed by atoms with Crippen molar-refractivity contribution in [3.8, 4) is 0 Å². The molecule has 0 radical (unpaired) electrons. The van der Waals surface area contributed by atoms with Gasteiger partial charge in [-0.2, -0.15) is 0 Å². The third-order valence-electron chi connectivity index (χ3n) is 3.38. The maximum absolute atomic E-state index is 12.4. The third kappa shape index (κ3) is 2.91. The van der Waals surface area contributed by atoms with Gasteiger partial charge < -0.3 is 5.11 Å². The van der Waals surface area contributed by atoms with Crippen LogP contribution in [0.25, 0.3) is 10.8 Å². The van der Waals surface area contributed by atoms with Gasteiger partial charge in [-0.3, -0.25) is 10.1 Å². The van der Waals surface area contributed by atoms with Crippen LogP contribution in [0.1, 0.15) is 32.6 Å². The predicted octanol–water partition coefficient (Wildman–Crippen LogP) is 3.20. The number of amides is 1. The minimum Gasteiger partial charge on any atom is -0.478 e. The van der Waals surface area contributed by atoms with Crippen LogP contribution in [0.5, 0.6) is 0 Å². The molecule has 23 heavy (non-hydrogen) atoms. The van der Waals surface area contributed by atoms with Gasteiger partial charge in [0.2, 0.25) is 5.13 Å². The van der Waals surface area contributed by atoms with E-state index in [1.165, 1.54) is 17.4 Å². The second kappa shape index (κ2) is 6.13. The maximum atomic E-state index is 12.4. The average Bonchev–Trinajstić information content (AvgIpc) is 3.01. The van der Waals surface area contributed by atoms with Gasteiger partial charge in [0.15, 0.2) is 0 Å². The molecule has 0 atom stereocenters. The Kier molecular flexibility index (Phi) is 4.03. The first-order valence-corrected chi connectivity index (χ1v) is 7.80. The second-order valence-electron chi connectivity index (χ2n) is 4.82. The summed E-state index contributed by atoms with van der Waals surface area (Å²) >= 11 is 1.27. The highest BCUT2D eigenvalue weighted by atomic mass is 32.1. The second-order valence-corrected chi connectivity index (χ2v) is 5.89. The number of nitrogens with one attached hydrogen (secondary N) is 1. The number of carbonyl (C=O) groups is 2. The van der Waals surface area contributed by atoms with E-state index in [0.29, 0.717) is 10.5 Å². The Morgan fingerprint density at radius 2 is 1.96 bits per heavy atom. The number of nitrogens with zero attached hydrogens (tertiary/aromatic N) is 2. The van der Waals surface area contributed by atoms with E-state index in [9.17, 15) is 14.7 Å². The lowest BCUT2D eigenvalue weighted by Gasteiger charge is -2.09. The summed E-state index contributed by atoms with van der Waals surface area (Å²) in [5.41, 5.74) is 0.0882. The molecule has 0 spiro atoms. The van der Waals surface area contributed by atoms with Crippen LogP contribution in [0.15, 0.2) is 36.4 Å². The van der Waals surface area contributed by atoms with Crippen LogP contribution in [0, 0.1) is 0 Å². The Morgan fingerprint density at radius 1 is 1.17 bits per heavy atom. The van der Waals surface area contributed by atoms with E-state index >= 15 is 0 Å². The summed E-state index contributed by atoms with van der Waals surface area (Å²) < 4.78 is 0. The predicted molar refractivity (Wildman–Crippen MR) is 88.1 cm³/mol. The van der Waals surface area contributed by atoms with Crippen molar-refractivity contribution in [1.82, 2.24) is 10.2 Å². The molecule has 1 aromatic heterocycles. The van der Waals surface area contributed by atoms with Gasteiger partial charge in [0, 0.05) is 0 Å². The highest BCUT2D eigenvalue weighted by Gasteiger charge is 2.20. The molecule has 2 N–H and O–H groups in total. The third-order valence-corrected chi connectivity index (χ3v) is 4.36. The normalized spacial score (nSPS) is 10.7. The van der Waals surface area contributed by atoms with E-state index in [2.05, 4.69) is 15.5 Å². The van der Waals surface area contributed by atoms with Crippen molar-refractivity contribution in [2.45, 2.75) is 13.3 Å². The van der Waals surface area contributed by atoms with Crippen molar-refractivity contribution < 1.29 is 14.7 Å². The maximum Gasteiger partial charge on any atom is 0.337 e. The van der Waals surface area contributed by atoms with Crippen molar-refractivity contribution in [1.29, 1.82) is 0 Å². The fraction of sp³-hybridized carbons (Fsp3) is 0.125. The molecule has 1 heterocycles. The van der Waals surface area contributed by atoms with Crippen molar-refractivity contribution in [3.63, 3.8) is 0 Å². The minimum absolute atomic E-state index is 0.0131. The van der Waals surface area contributed by atoms with Gasteiger partial charge in [-0.15, -0.1) is 10.2 Å². The van der Waals surface area contributed by atoms with Crippen LogP contribution < -0.4 is 5.32 Å². The quantitative estimate of drug-likeness (QED) is 0.767. The minimum atomic E-state index is -1.14. The molecule has 3 aromatic rings. The van der Waals surface area contributed by atoms with Crippen LogP contribution in [0.4, 0.5) is 5.13 Å². The molecular weight excluding hydrogens is 314 g/mol. The molecule has 2 aromatic carbocycles. The van der Waals surface area contributed by atoms with Crippen molar-refractivity contribution in [2.24, 2.45) is 0 Å². The van der Waals surface area contributed by atoms with E-state index < -0.39 is 11.9 Å². The van der Waals surface area contributed by atoms with E-state index in [4.69, 9.17) is 0 Å². The van der Waals surface area contributed by atoms with Crippen molar-refractivity contribution in [2.75, 3.05) is 5.32 Å². The molecule has 0 fully saturated rings. The number of aryl methyl sites for hydroxylation is 1. The number of rotatable bonds is 4. The zero-order chi connectivity index (χ0) is 16.4. The van der Waals surface area contributed by atoms with Crippen molar-refractivity contribution >= 4 is 39.1 Å². The van der Waals surface area contributed by atoms with Crippen LogP contribution in [-0.4, -0.2) is 27.2 Å². The smallest absolute Gasteiger partial charge is 0.337 e. The Morgan fingerprint density at radius 3 is 2.65 bits per heavy atom. The number of carboxylic acids is 1. The van der Waals surface area contributed by atoms with E-state index in [1.54, 1.807) is 18.2 Å². The van der Waals surface area contributed by atoms with Crippen LogP contribution >= 0.6 is 11.3 Å². The van der Waals surface area contributed by atoms with Gasteiger partial charge in [-0.05, 0) is 23.3 Å². The van der Waals surface area contributed by atoms with Gasteiger partial charge in [-0.25, -0.2) is 4.79 Å². The monoisotopic (exact) mass is 327 g/mol. The Bertz CT molecular complexity index is 904. The summed E-state index contributed by atoms with van der Waals surface area (Å²) in [6, 6.07) is 10.3. The van der Waals surface area contributed by atoms with E-state index in [1.807, 2.05) is 19.1 Å². The molecule has 0 aliphatic heterocycles. The molecule has 0 bridgehead atoms. The molecule has 0 saturated heterocycles. The number of benzene rings is 2. The van der Waals surface area contributed by atoms with E-state index in [0.717, 1.165) is 16.8 Å². The van der Waals surface area contributed by atoms with Gasteiger partial charge in [0.1, 0.15) is 5.01 Å². The lowest BCUT2D eigenvalue weighted by atomic mass is 9.98. The molecule has 1 amide bonds.